The molecule has 0 saturated carbocycles. The summed E-state index contributed by atoms with van der Waals surface area (Å²) in [7, 11) is -9.81. The molecule has 0 aliphatic rings. The first-order chi connectivity index (χ1) is 51.2. The Morgan fingerprint density at radius 3 is 0.800 bits per heavy atom. The van der Waals surface area contributed by atoms with Crippen molar-refractivity contribution < 1.29 is 75.8 Å². The summed E-state index contributed by atoms with van der Waals surface area (Å²) >= 11 is 0. The fourth-order valence-corrected chi connectivity index (χ4v) is 12.1. The van der Waals surface area contributed by atoms with Crippen LogP contribution in [0.2, 0.25) is 0 Å². The summed E-state index contributed by atoms with van der Waals surface area (Å²) in [6.07, 6.45) is 98.4. The van der Waals surface area contributed by atoms with Gasteiger partial charge in [-0.25, -0.2) is 9.13 Å². The molecule has 5 atom stereocenters. The van der Waals surface area contributed by atoms with Gasteiger partial charge in [0, 0.05) is 19.3 Å². The van der Waals surface area contributed by atoms with Gasteiger partial charge >= 0.3 is 33.6 Å². The number of ether oxygens (including phenoxy) is 3. The maximum atomic E-state index is 13.0. The number of carbonyl (C=O) groups excluding carboxylic acids is 3. The van der Waals surface area contributed by atoms with Gasteiger partial charge in [0.15, 0.2) is 6.10 Å². The Labute approximate surface area is 638 Å². The van der Waals surface area contributed by atoms with Crippen LogP contribution in [-0.4, -0.2) is 95.9 Å². The molecule has 0 aliphatic heterocycles. The van der Waals surface area contributed by atoms with Crippen molar-refractivity contribution >= 4 is 33.6 Å². The molecule has 0 amide bonds. The molecule has 0 aromatic carbocycles. The molecule has 0 fully saturated rings. The number of aliphatic hydroxyl groups excluding tert-OH is 2. The molecule has 0 heterocycles. The van der Waals surface area contributed by atoms with Crippen molar-refractivity contribution in [3.05, 3.63) is 158 Å². The van der Waals surface area contributed by atoms with Gasteiger partial charge in [-0.2, -0.15) is 0 Å². The smallest absolute Gasteiger partial charge is 0.463 e. The van der Waals surface area contributed by atoms with Gasteiger partial charge in [-0.3, -0.25) is 32.5 Å². The largest absolute Gasteiger partial charge is 0.472 e. The van der Waals surface area contributed by atoms with Crippen LogP contribution in [0.15, 0.2) is 158 Å². The molecule has 0 rings (SSSR count). The Balaban J connectivity index is 4.64. The maximum absolute atomic E-state index is 13.0. The van der Waals surface area contributed by atoms with Crippen LogP contribution < -0.4 is 0 Å². The molecule has 0 saturated heterocycles. The number of esters is 3. The zero-order valence-electron chi connectivity index (χ0n) is 65.6. The molecule has 0 aromatic heterocycles. The third-order valence-electron chi connectivity index (χ3n) is 16.7. The van der Waals surface area contributed by atoms with Crippen molar-refractivity contribution in [1.82, 2.24) is 0 Å². The van der Waals surface area contributed by atoms with Crippen molar-refractivity contribution in [2.75, 3.05) is 39.6 Å². The van der Waals surface area contributed by atoms with Crippen molar-refractivity contribution in [3.8, 4) is 0 Å². The van der Waals surface area contributed by atoms with Crippen molar-refractivity contribution in [3.63, 3.8) is 0 Å². The molecule has 0 bridgehead atoms. The number of rotatable bonds is 76. The van der Waals surface area contributed by atoms with Gasteiger partial charge in [0.1, 0.15) is 25.4 Å². The van der Waals surface area contributed by atoms with E-state index in [0.29, 0.717) is 19.3 Å². The normalized spacial score (nSPS) is 14.8. The molecule has 105 heavy (non-hydrogen) atoms. The molecular formula is C87H146O16P2. The Morgan fingerprint density at radius 1 is 0.276 bits per heavy atom. The first kappa shape index (κ1) is 100. The van der Waals surface area contributed by atoms with E-state index in [4.69, 9.17) is 32.3 Å². The van der Waals surface area contributed by atoms with Crippen molar-refractivity contribution in [1.29, 1.82) is 0 Å². The van der Waals surface area contributed by atoms with E-state index in [1.807, 2.05) is 0 Å². The van der Waals surface area contributed by atoms with Gasteiger partial charge in [-0.1, -0.05) is 301 Å². The van der Waals surface area contributed by atoms with Crippen molar-refractivity contribution in [2.45, 2.75) is 334 Å². The van der Waals surface area contributed by atoms with Gasteiger partial charge in [0.25, 0.3) is 0 Å². The molecule has 0 spiro atoms. The molecule has 0 aromatic rings. The first-order valence-electron chi connectivity index (χ1n) is 40.8. The number of unbranched alkanes of at least 4 members (excludes halogenated alkanes) is 27. The van der Waals surface area contributed by atoms with Gasteiger partial charge in [-0.15, -0.1) is 0 Å². The van der Waals surface area contributed by atoms with Gasteiger partial charge < -0.3 is 34.2 Å². The number of allylic oxidation sites excluding steroid dienone is 26. The number of phosphoric ester groups is 2. The summed E-state index contributed by atoms with van der Waals surface area (Å²) in [4.78, 5) is 58.8. The molecule has 0 aliphatic carbocycles. The Bertz CT molecular complexity index is 2540. The van der Waals surface area contributed by atoms with Crippen LogP contribution in [0, 0.1) is 0 Å². The van der Waals surface area contributed by atoms with Gasteiger partial charge in [-0.05, 0) is 154 Å². The second kappa shape index (κ2) is 78.7. The van der Waals surface area contributed by atoms with Crippen LogP contribution >= 0.6 is 15.6 Å². The third kappa shape index (κ3) is 80.0. The van der Waals surface area contributed by atoms with E-state index < -0.39 is 91.5 Å². The van der Waals surface area contributed by atoms with Crippen LogP contribution in [-0.2, 0) is 55.8 Å². The fourth-order valence-electron chi connectivity index (χ4n) is 10.5. The molecule has 16 nitrogen and oxygen atoms in total. The van der Waals surface area contributed by atoms with E-state index in [1.54, 1.807) is 0 Å². The van der Waals surface area contributed by atoms with Gasteiger partial charge in [0.05, 0.1) is 26.4 Å². The monoisotopic (exact) mass is 1510 g/mol. The highest BCUT2D eigenvalue weighted by Crippen LogP contribution is 2.45. The van der Waals surface area contributed by atoms with E-state index in [1.165, 1.54) is 77.0 Å². The zero-order valence-corrected chi connectivity index (χ0v) is 67.4. The minimum absolute atomic E-state index is 0.0813. The lowest BCUT2D eigenvalue weighted by molar-refractivity contribution is -0.161. The number of carbonyl (C=O) groups is 3. The molecule has 5 unspecified atom stereocenters. The summed E-state index contributed by atoms with van der Waals surface area (Å²) in [5.74, 6) is -1.62. The van der Waals surface area contributed by atoms with E-state index in [9.17, 15) is 43.5 Å². The molecule has 4 N–H and O–H groups in total. The maximum Gasteiger partial charge on any atom is 0.472 e. The van der Waals surface area contributed by atoms with E-state index in [-0.39, 0.29) is 19.3 Å². The lowest BCUT2D eigenvalue weighted by Gasteiger charge is -2.21. The summed E-state index contributed by atoms with van der Waals surface area (Å²) in [6, 6.07) is 0. The lowest BCUT2D eigenvalue weighted by Crippen LogP contribution is -2.30. The highest BCUT2D eigenvalue weighted by Gasteiger charge is 2.29. The van der Waals surface area contributed by atoms with Crippen LogP contribution in [0.1, 0.15) is 316 Å². The highest BCUT2D eigenvalue weighted by molar-refractivity contribution is 7.47. The summed E-state index contributed by atoms with van der Waals surface area (Å²) < 4.78 is 61.2. The van der Waals surface area contributed by atoms with E-state index in [2.05, 4.69) is 179 Å². The molecule has 18 heteroatoms. The zero-order chi connectivity index (χ0) is 76.6. The quantitative estimate of drug-likeness (QED) is 0.0146. The van der Waals surface area contributed by atoms with Crippen LogP contribution in [0.25, 0.3) is 0 Å². The fraction of sp³-hybridized carbons (Fsp3) is 0.667. The second-order valence-corrected chi connectivity index (χ2v) is 29.7. The molecule has 0 radical (unpaired) electrons. The Kier molecular flexibility index (Phi) is 75.1. The van der Waals surface area contributed by atoms with Crippen LogP contribution in [0.4, 0.5) is 0 Å². The Hall–Kier alpha value is -4.83. The average molecular weight is 1510 g/mol. The van der Waals surface area contributed by atoms with Gasteiger partial charge in [0.2, 0.25) is 0 Å². The van der Waals surface area contributed by atoms with E-state index in [0.717, 1.165) is 180 Å². The second-order valence-electron chi connectivity index (χ2n) is 26.8. The standard InChI is InChI=1S/C87H146O16P2/c1-4-7-10-13-16-19-22-25-28-31-34-36-37-38-39-40-41-42-43-45-48-49-52-55-58-61-64-67-70-73-85(90)97-76-82(88)77-99-104(93,94)100-78-83(89)79-101-105(95,96)102-81-84(103-87(92)75-72-69-66-63-60-57-54-51-46-33-30-27-24-21-18-15-12-9-6-3)80-98-86(91)74-71-68-65-62-59-56-53-50-47-44-35-32-29-26-23-20-17-14-11-8-5-2/h7,10,16-21,25-30,34-36,38-39,41-42,44,46,50-51,53,82-84,88-89H,4-6,8-9,11-15,22-24,31-33,37,40,43,45,47-49,52,54-81H2,1-3H3,(H,93,94)(H,95,96)/b10-7-,19-16-,20-17-,21-18-,28-25-,29-26-,30-27-,36-34-,39-38-,42-41-,44-35-,51-46-,53-50-. The predicted octanol–water partition coefficient (Wildman–Crippen LogP) is 24.2. The predicted molar refractivity (Wildman–Crippen MR) is 435 cm³/mol. The Morgan fingerprint density at radius 2 is 0.505 bits per heavy atom. The average Bonchev–Trinajstić information content (AvgIpc) is 0.911. The molecular weight excluding hydrogens is 1360 g/mol. The number of hydrogen-bond acceptors (Lipinski definition) is 14. The lowest BCUT2D eigenvalue weighted by atomic mass is 10.1. The number of aliphatic hydroxyl groups is 2. The topological polar surface area (TPSA) is 231 Å². The van der Waals surface area contributed by atoms with Crippen LogP contribution in [0.3, 0.4) is 0 Å². The van der Waals surface area contributed by atoms with E-state index >= 15 is 0 Å². The minimum atomic E-state index is -4.95. The molecule has 600 valence electrons. The summed E-state index contributed by atoms with van der Waals surface area (Å²) in [5, 5.41) is 20.7. The number of hydrogen-bond donors (Lipinski definition) is 4. The summed E-state index contributed by atoms with van der Waals surface area (Å²) in [6.45, 7) is 2.48. The SMILES string of the molecule is CC/C=C\C/C=C\C/C=C\C/C=C\C/C=C\C/C=C\CCCCCCCCCCCCC(=O)OCC(O)COP(=O)(O)OCC(O)COP(=O)(O)OCC(COC(=O)CCCCCCC/C=C\C/C=C\C/C=C\C/C=C\CCCCC)OC(=O)CCCCCCCC/C=C\C/C=C\C/C=C\CCCCC. The minimum Gasteiger partial charge on any atom is -0.463 e. The van der Waals surface area contributed by atoms with Crippen molar-refractivity contribution in [2.24, 2.45) is 0 Å². The first-order valence-corrected chi connectivity index (χ1v) is 43.8. The summed E-state index contributed by atoms with van der Waals surface area (Å²) in [5.41, 5.74) is 0. The highest BCUT2D eigenvalue weighted by atomic mass is 31.2. The van der Waals surface area contributed by atoms with Crippen LogP contribution in [0.5, 0.6) is 0 Å². The third-order valence-corrected chi connectivity index (χ3v) is 18.6. The number of phosphoric acid groups is 2.